The molecule has 23 heavy (non-hydrogen) atoms. The van der Waals surface area contributed by atoms with Crippen LogP contribution in [0.3, 0.4) is 0 Å². The van der Waals surface area contributed by atoms with Crippen molar-refractivity contribution < 1.29 is 4.79 Å². The maximum atomic E-state index is 12.0. The van der Waals surface area contributed by atoms with E-state index >= 15 is 0 Å². The summed E-state index contributed by atoms with van der Waals surface area (Å²) in [6, 6.07) is 8.44. The summed E-state index contributed by atoms with van der Waals surface area (Å²) < 4.78 is 0. The Morgan fingerprint density at radius 2 is 1.83 bits per heavy atom. The van der Waals surface area contributed by atoms with Gasteiger partial charge in [-0.2, -0.15) is 0 Å². The van der Waals surface area contributed by atoms with Crippen molar-refractivity contribution in [3.63, 3.8) is 0 Å². The third kappa shape index (κ3) is 4.61. The van der Waals surface area contributed by atoms with Gasteiger partial charge in [-0.1, -0.05) is 36.6 Å². The van der Waals surface area contributed by atoms with Crippen molar-refractivity contribution in [2.24, 2.45) is 0 Å². The molecule has 0 radical (unpaired) electrons. The van der Waals surface area contributed by atoms with Crippen LogP contribution in [0, 0.1) is 0 Å². The number of hydrogen-bond donors (Lipinski definition) is 1. The van der Waals surface area contributed by atoms with Gasteiger partial charge in [-0.15, -0.1) is 0 Å². The number of halogens is 1. The highest BCUT2D eigenvalue weighted by Gasteiger charge is 2.20. The molecule has 3 rings (SSSR count). The zero-order chi connectivity index (χ0) is 16.1. The molecule has 1 saturated carbocycles. The fraction of sp³-hybridized carbons (Fsp3) is 0.611. The van der Waals surface area contributed by atoms with Gasteiger partial charge in [0.15, 0.2) is 0 Å². The molecule has 126 valence electrons. The Bertz CT molecular complexity index is 523. The number of carbonyl (C=O) groups excluding carboxylic acids is 1. The lowest BCUT2D eigenvalue weighted by Crippen LogP contribution is -2.47. The number of anilines is 1. The first-order chi connectivity index (χ1) is 11.2. The summed E-state index contributed by atoms with van der Waals surface area (Å²) in [4.78, 5) is 16.7. The van der Waals surface area contributed by atoms with Gasteiger partial charge in [0.2, 0.25) is 5.91 Å². The van der Waals surface area contributed by atoms with Gasteiger partial charge in [0.1, 0.15) is 0 Å². The molecule has 0 aromatic heterocycles. The third-order valence-corrected chi connectivity index (χ3v) is 5.26. The summed E-state index contributed by atoms with van der Waals surface area (Å²) in [7, 11) is 0. The average Bonchev–Trinajstić information content (AvgIpc) is 3.07. The summed E-state index contributed by atoms with van der Waals surface area (Å²) in [5.41, 5.74) is 1.12. The molecule has 1 aliphatic carbocycles. The minimum Gasteiger partial charge on any atom is -0.368 e. The SMILES string of the molecule is O=C(CCN1CCN(c2ccccc2Cl)CC1)NC1CCCC1. The van der Waals surface area contributed by atoms with Crippen LogP contribution in [0.25, 0.3) is 0 Å². The fourth-order valence-corrected chi connectivity index (χ4v) is 3.81. The zero-order valence-electron chi connectivity index (χ0n) is 13.6. The lowest BCUT2D eigenvalue weighted by molar-refractivity contribution is -0.122. The van der Waals surface area contributed by atoms with E-state index in [0.29, 0.717) is 12.5 Å². The number of nitrogens with one attached hydrogen (secondary N) is 1. The van der Waals surface area contributed by atoms with Crippen molar-refractivity contribution in [3.8, 4) is 0 Å². The van der Waals surface area contributed by atoms with Gasteiger partial charge in [-0.3, -0.25) is 9.69 Å². The Kier molecular flexibility index (Phi) is 5.79. The molecule has 5 heteroatoms. The Hall–Kier alpha value is -1.26. The molecule has 0 unspecified atom stereocenters. The van der Waals surface area contributed by atoms with Crippen LogP contribution in [0.5, 0.6) is 0 Å². The molecule has 1 aromatic rings. The Labute approximate surface area is 143 Å². The van der Waals surface area contributed by atoms with Crippen LogP contribution >= 0.6 is 11.6 Å². The smallest absolute Gasteiger partial charge is 0.221 e. The second-order valence-electron chi connectivity index (χ2n) is 6.58. The summed E-state index contributed by atoms with van der Waals surface area (Å²) >= 11 is 6.27. The maximum Gasteiger partial charge on any atom is 0.221 e. The summed E-state index contributed by atoms with van der Waals surface area (Å²) in [5.74, 6) is 0.213. The minimum absolute atomic E-state index is 0.213. The van der Waals surface area contributed by atoms with Crippen LogP contribution in [0.15, 0.2) is 24.3 Å². The monoisotopic (exact) mass is 335 g/mol. The second kappa shape index (κ2) is 8.02. The van der Waals surface area contributed by atoms with E-state index in [2.05, 4.69) is 21.2 Å². The minimum atomic E-state index is 0.213. The van der Waals surface area contributed by atoms with Crippen molar-refractivity contribution in [2.75, 3.05) is 37.6 Å². The van der Waals surface area contributed by atoms with Gasteiger partial charge < -0.3 is 10.2 Å². The van der Waals surface area contributed by atoms with Gasteiger partial charge in [0.05, 0.1) is 10.7 Å². The van der Waals surface area contributed by atoms with Crippen molar-refractivity contribution >= 4 is 23.2 Å². The first kappa shape index (κ1) is 16.6. The number of carbonyl (C=O) groups is 1. The van der Waals surface area contributed by atoms with Crippen LogP contribution in [0.4, 0.5) is 5.69 Å². The van der Waals surface area contributed by atoms with E-state index in [9.17, 15) is 4.79 Å². The van der Waals surface area contributed by atoms with Crippen molar-refractivity contribution in [1.29, 1.82) is 0 Å². The van der Waals surface area contributed by atoms with E-state index in [0.717, 1.165) is 56.3 Å². The molecule has 0 bridgehead atoms. The number of amides is 1. The molecule has 1 amide bonds. The molecule has 1 aliphatic heterocycles. The number of hydrogen-bond acceptors (Lipinski definition) is 3. The molecule has 1 N–H and O–H groups in total. The summed E-state index contributed by atoms with van der Waals surface area (Å²) in [6.45, 7) is 4.76. The molecular formula is C18H26ClN3O. The summed E-state index contributed by atoms with van der Waals surface area (Å²) in [6.07, 6.45) is 5.44. The van der Waals surface area contributed by atoms with E-state index in [-0.39, 0.29) is 5.91 Å². The van der Waals surface area contributed by atoms with Crippen LogP contribution in [-0.2, 0) is 4.79 Å². The Balaban J connectivity index is 1.39. The van der Waals surface area contributed by atoms with Crippen molar-refractivity contribution in [2.45, 2.75) is 38.1 Å². The average molecular weight is 336 g/mol. The first-order valence-corrected chi connectivity index (χ1v) is 9.11. The van der Waals surface area contributed by atoms with Crippen LogP contribution in [0.2, 0.25) is 5.02 Å². The highest BCUT2D eigenvalue weighted by molar-refractivity contribution is 6.33. The van der Waals surface area contributed by atoms with E-state index in [1.807, 2.05) is 18.2 Å². The van der Waals surface area contributed by atoms with Crippen LogP contribution in [-0.4, -0.2) is 49.6 Å². The Morgan fingerprint density at radius 1 is 1.13 bits per heavy atom. The van der Waals surface area contributed by atoms with Crippen LogP contribution in [0.1, 0.15) is 32.1 Å². The summed E-state index contributed by atoms with van der Waals surface area (Å²) in [5, 5.41) is 3.98. The largest absolute Gasteiger partial charge is 0.368 e. The van der Waals surface area contributed by atoms with Gasteiger partial charge in [0.25, 0.3) is 0 Å². The third-order valence-electron chi connectivity index (χ3n) is 4.94. The predicted octanol–water partition coefficient (Wildman–Crippen LogP) is 2.91. The molecule has 1 saturated heterocycles. The first-order valence-electron chi connectivity index (χ1n) is 8.73. The number of nitrogens with zero attached hydrogens (tertiary/aromatic N) is 2. The molecule has 0 atom stereocenters. The number of benzene rings is 1. The molecule has 2 aliphatic rings. The molecular weight excluding hydrogens is 310 g/mol. The maximum absolute atomic E-state index is 12.0. The molecule has 4 nitrogen and oxygen atoms in total. The standard InChI is InChI=1S/C18H26ClN3O/c19-16-7-3-4-8-17(16)22-13-11-21(12-14-22)10-9-18(23)20-15-5-1-2-6-15/h3-4,7-8,15H,1-2,5-6,9-14H2,(H,20,23). The molecule has 1 aromatic carbocycles. The second-order valence-corrected chi connectivity index (χ2v) is 6.99. The number of para-hydroxylation sites is 1. The Morgan fingerprint density at radius 3 is 2.52 bits per heavy atom. The van der Waals surface area contributed by atoms with E-state index in [4.69, 9.17) is 11.6 Å². The fourth-order valence-electron chi connectivity index (χ4n) is 3.55. The molecule has 1 heterocycles. The quantitative estimate of drug-likeness (QED) is 0.898. The highest BCUT2D eigenvalue weighted by atomic mass is 35.5. The predicted molar refractivity (Wildman–Crippen MR) is 95.1 cm³/mol. The highest BCUT2D eigenvalue weighted by Crippen LogP contribution is 2.26. The lowest BCUT2D eigenvalue weighted by atomic mass is 10.2. The van der Waals surface area contributed by atoms with E-state index < -0.39 is 0 Å². The zero-order valence-corrected chi connectivity index (χ0v) is 14.4. The van der Waals surface area contributed by atoms with Gasteiger partial charge in [0, 0.05) is 45.2 Å². The van der Waals surface area contributed by atoms with Gasteiger partial charge in [-0.25, -0.2) is 0 Å². The van der Waals surface area contributed by atoms with E-state index in [1.165, 1.54) is 12.8 Å². The van der Waals surface area contributed by atoms with Gasteiger partial charge >= 0.3 is 0 Å². The lowest BCUT2D eigenvalue weighted by Gasteiger charge is -2.36. The van der Waals surface area contributed by atoms with E-state index in [1.54, 1.807) is 0 Å². The van der Waals surface area contributed by atoms with Crippen LogP contribution < -0.4 is 10.2 Å². The molecule has 0 spiro atoms. The molecule has 2 fully saturated rings. The normalized spacial score (nSPS) is 20.0. The van der Waals surface area contributed by atoms with Crippen molar-refractivity contribution in [3.05, 3.63) is 29.3 Å². The number of rotatable bonds is 5. The number of piperazine rings is 1. The topological polar surface area (TPSA) is 35.6 Å². The van der Waals surface area contributed by atoms with Gasteiger partial charge in [-0.05, 0) is 25.0 Å². The van der Waals surface area contributed by atoms with Crippen molar-refractivity contribution in [1.82, 2.24) is 10.2 Å².